The van der Waals surface area contributed by atoms with E-state index >= 15 is 8.78 Å². The quantitative estimate of drug-likeness (QED) is 0.419. The molecule has 0 saturated carbocycles. The van der Waals surface area contributed by atoms with Crippen LogP contribution in [-0.4, -0.2) is 71.5 Å². The Bertz CT molecular complexity index is 1270. The molecule has 208 valence electrons. The molecule has 2 aromatic heterocycles. The van der Waals surface area contributed by atoms with Gasteiger partial charge in [0.25, 0.3) is 0 Å². The van der Waals surface area contributed by atoms with Crippen molar-refractivity contribution in [3.8, 4) is 11.3 Å². The van der Waals surface area contributed by atoms with Crippen LogP contribution in [0, 0.1) is 23.4 Å². The summed E-state index contributed by atoms with van der Waals surface area (Å²) in [5.41, 5.74) is 7.70. The smallest absolute Gasteiger partial charge is 0.149 e. The molecular formula is C28H33F3N6O2. The van der Waals surface area contributed by atoms with Gasteiger partial charge in [0, 0.05) is 50.9 Å². The lowest BCUT2D eigenvalue weighted by molar-refractivity contribution is 0.0341. The number of hydrogen-bond donors (Lipinski definition) is 3. The molecule has 39 heavy (non-hydrogen) atoms. The zero-order chi connectivity index (χ0) is 27.5. The van der Waals surface area contributed by atoms with Gasteiger partial charge in [-0.15, -0.1) is 0 Å². The van der Waals surface area contributed by atoms with Crippen molar-refractivity contribution in [1.82, 2.24) is 14.9 Å². The summed E-state index contributed by atoms with van der Waals surface area (Å²) in [6.45, 7) is 6.10. The molecule has 5 rings (SSSR count). The van der Waals surface area contributed by atoms with E-state index in [1.165, 1.54) is 18.2 Å². The molecule has 1 aromatic carbocycles. The van der Waals surface area contributed by atoms with Crippen molar-refractivity contribution >= 4 is 11.4 Å². The van der Waals surface area contributed by atoms with Gasteiger partial charge in [-0.2, -0.15) is 0 Å². The number of halogens is 3. The number of nitrogens with one attached hydrogen (secondary N) is 1. The summed E-state index contributed by atoms with van der Waals surface area (Å²) in [4.78, 5) is 12.6. The summed E-state index contributed by atoms with van der Waals surface area (Å²) in [6, 6.07) is 6.58. The van der Waals surface area contributed by atoms with E-state index < -0.39 is 29.1 Å². The minimum Gasteiger partial charge on any atom is -0.391 e. The second-order valence-corrected chi connectivity index (χ2v) is 10.2. The summed E-state index contributed by atoms with van der Waals surface area (Å²) in [5.74, 6) is -2.54. The van der Waals surface area contributed by atoms with Crippen molar-refractivity contribution in [3.05, 3.63) is 71.4 Å². The molecule has 8 nitrogen and oxygen atoms in total. The fraction of sp³-hybridized carbons (Fsp3) is 0.429. The Morgan fingerprint density at radius 3 is 2.54 bits per heavy atom. The Kier molecular flexibility index (Phi) is 8.31. The van der Waals surface area contributed by atoms with Crippen LogP contribution in [0.1, 0.15) is 18.2 Å². The molecule has 2 aliphatic heterocycles. The van der Waals surface area contributed by atoms with Gasteiger partial charge in [0.05, 0.1) is 54.7 Å². The summed E-state index contributed by atoms with van der Waals surface area (Å²) < 4.78 is 50.3. The third-order valence-electron chi connectivity index (χ3n) is 7.31. The van der Waals surface area contributed by atoms with Crippen molar-refractivity contribution in [2.24, 2.45) is 11.7 Å². The number of rotatable bonds is 7. The normalized spacial score (nSPS) is 22.2. The van der Waals surface area contributed by atoms with Crippen molar-refractivity contribution in [1.29, 1.82) is 0 Å². The minimum absolute atomic E-state index is 0.0128. The number of piperidine rings is 1. The van der Waals surface area contributed by atoms with Crippen LogP contribution >= 0.6 is 0 Å². The molecule has 2 fully saturated rings. The van der Waals surface area contributed by atoms with Crippen LogP contribution in [0.15, 0.2) is 42.7 Å². The highest BCUT2D eigenvalue weighted by molar-refractivity contribution is 5.69. The van der Waals surface area contributed by atoms with Gasteiger partial charge in [-0.25, -0.2) is 18.2 Å². The van der Waals surface area contributed by atoms with Gasteiger partial charge in [-0.3, -0.25) is 9.88 Å². The molecule has 0 radical (unpaired) electrons. The van der Waals surface area contributed by atoms with E-state index in [4.69, 9.17) is 10.5 Å². The van der Waals surface area contributed by atoms with Gasteiger partial charge in [0.2, 0.25) is 0 Å². The second kappa shape index (κ2) is 11.9. The molecule has 3 unspecified atom stereocenters. The largest absolute Gasteiger partial charge is 0.391 e. The predicted octanol–water partition coefficient (Wildman–Crippen LogP) is 3.15. The Morgan fingerprint density at radius 1 is 1.08 bits per heavy atom. The topological polar surface area (TPSA) is 99.8 Å². The van der Waals surface area contributed by atoms with Crippen LogP contribution in [0.3, 0.4) is 0 Å². The van der Waals surface area contributed by atoms with Crippen molar-refractivity contribution in [3.63, 3.8) is 0 Å². The van der Waals surface area contributed by atoms with E-state index in [0.29, 0.717) is 62.9 Å². The Balaban J connectivity index is 1.34. The van der Waals surface area contributed by atoms with Crippen molar-refractivity contribution in [2.75, 3.05) is 49.6 Å². The molecule has 2 saturated heterocycles. The number of aliphatic hydroxyl groups excluding tert-OH is 1. The van der Waals surface area contributed by atoms with E-state index in [-0.39, 0.29) is 24.2 Å². The minimum atomic E-state index is -0.859. The second-order valence-electron chi connectivity index (χ2n) is 10.2. The summed E-state index contributed by atoms with van der Waals surface area (Å²) in [6.07, 6.45) is 2.76. The maximum absolute atomic E-state index is 15.1. The van der Waals surface area contributed by atoms with Gasteiger partial charge in [0.1, 0.15) is 23.1 Å². The van der Waals surface area contributed by atoms with Gasteiger partial charge in [-0.05, 0) is 35.9 Å². The van der Waals surface area contributed by atoms with Crippen LogP contribution < -0.4 is 16.0 Å². The average molecular weight is 543 g/mol. The first kappa shape index (κ1) is 27.3. The lowest BCUT2D eigenvalue weighted by Crippen LogP contribution is -2.55. The molecule has 4 N–H and O–H groups in total. The molecule has 0 aliphatic carbocycles. The first-order valence-corrected chi connectivity index (χ1v) is 13.1. The number of nitrogens with zero attached hydrogens (tertiary/aromatic N) is 4. The number of hydrogen-bond acceptors (Lipinski definition) is 8. The third kappa shape index (κ3) is 6.17. The average Bonchev–Trinajstić information content (AvgIpc) is 2.92. The van der Waals surface area contributed by atoms with E-state index in [9.17, 15) is 9.50 Å². The molecule has 2 aliphatic rings. The van der Waals surface area contributed by atoms with Crippen LogP contribution in [0.25, 0.3) is 11.3 Å². The highest BCUT2D eigenvalue weighted by Crippen LogP contribution is 2.31. The van der Waals surface area contributed by atoms with Gasteiger partial charge >= 0.3 is 0 Å². The van der Waals surface area contributed by atoms with Gasteiger partial charge in [-0.1, -0.05) is 6.92 Å². The number of nitrogens with two attached hydrogens (primary N) is 1. The van der Waals surface area contributed by atoms with Crippen molar-refractivity contribution in [2.45, 2.75) is 32.2 Å². The Hall–Kier alpha value is -3.25. The summed E-state index contributed by atoms with van der Waals surface area (Å²) in [5, 5.41) is 13.5. The number of pyridine rings is 2. The lowest BCUT2D eigenvalue weighted by atomic mass is 9.92. The molecule has 0 amide bonds. The maximum Gasteiger partial charge on any atom is 0.149 e. The number of morpholine rings is 1. The van der Waals surface area contributed by atoms with Crippen LogP contribution in [0.5, 0.6) is 0 Å². The zero-order valence-corrected chi connectivity index (χ0v) is 21.8. The number of ether oxygens (including phenoxy) is 1. The number of anilines is 2. The molecule has 11 heteroatoms. The van der Waals surface area contributed by atoms with E-state index in [0.717, 1.165) is 11.8 Å². The number of benzene rings is 1. The zero-order valence-electron chi connectivity index (χ0n) is 21.8. The van der Waals surface area contributed by atoms with E-state index in [1.807, 2.05) is 13.0 Å². The molecular weight excluding hydrogens is 509 g/mol. The first-order valence-electron chi connectivity index (χ1n) is 13.1. The van der Waals surface area contributed by atoms with Crippen molar-refractivity contribution < 1.29 is 23.0 Å². The SMILES string of the molecule is CC1CN(c2ccncc2NCc2ccc(F)c(-c3c(F)cc(CN4CCOCC4)cc3F)n2)CC(N)C1O. The maximum atomic E-state index is 15.1. The van der Waals surface area contributed by atoms with Crippen LogP contribution in [0.4, 0.5) is 24.5 Å². The molecule has 3 aromatic rings. The molecule has 4 heterocycles. The van der Waals surface area contributed by atoms with Crippen LogP contribution in [0.2, 0.25) is 0 Å². The summed E-state index contributed by atoms with van der Waals surface area (Å²) >= 11 is 0. The van der Waals surface area contributed by atoms with Crippen LogP contribution in [-0.2, 0) is 17.8 Å². The highest BCUT2D eigenvalue weighted by Gasteiger charge is 2.31. The molecule has 3 atom stereocenters. The Morgan fingerprint density at radius 2 is 1.82 bits per heavy atom. The first-order chi connectivity index (χ1) is 18.8. The molecule has 0 bridgehead atoms. The van der Waals surface area contributed by atoms with Gasteiger partial charge in [0.15, 0.2) is 0 Å². The fourth-order valence-corrected chi connectivity index (χ4v) is 5.21. The highest BCUT2D eigenvalue weighted by atomic mass is 19.1. The standard InChI is InChI=1S/C28H33F3N6O2/c1-17-14-37(16-23(32)28(17)38)25-4-5-33-13-24(25)34-12-19-2-3-20(29)27(35-19)26-21(30)10-18(11-22(26)31)15-36-6-8-39-9-7-36/h2-5,10-11,13,17,23,28,34,38H,6-9,12,14-16,32H2,1H3. The summed E-state index contributed by atoms with van der Waals surface area (Å²) in [7, 11) is 0. The van der Waals surface area contributed by atoms with E-state index in [2.05, 4.69) is 25.1 Å². The third-order valence-corrected chi connectivity index (χ3v) is 7.31. The van der Waals surface area contributed by atoms with E-state index in [1.54, 1.807) is 12.4 Å². The molecule has 0 spiro atoms. The van der Waals surface area contributed by atoms with Gasteiger partial charge < -0.3 is 25.8 Å². The lowest BCUT2D eigenvalue weighted by Gasteiger charge is -2.40. The predicted molar refractivity (Wildman–Crippen MR) is 143 cm³/mol. The number of aliphatic hydroxyl groups is 1. The number of aromatic nitrogens is 2. The fourth-order valence-electron chi connectivity index (χ4n) is 5.21. The Labute approximate surface area is 225 Å². The monoisotopic (exact) mass is 542 g/mol.